The highest BCUT2D eigenvalue weighted by Crippen LogP contribution is 2.45. The van der Waals surface area contributed by atoms with Crippen molar-refractivity contribution in [2.45, 2.75) is 44.4 Å². The standard InChI is InChI=1S/C17H22FNO2/c18-15-10-13(14(11-17(20)21)12-4-5-12)6-7-16(15)19-8-2-1-3-9-19/h6-7,10,12,14H,1-5,8-9,11H2,(H,20,21). The lowest BCUT2D eigenvalue weighted by Gasteiger charge is -2.29. The zero-order chi connectivity index (χ0) is 14.8. The van der Waals surface area contributed by atoms with E-state index in [4.69, 9.17) is 5.11 Å². The number of carboxylic acid groups (broad SMARTS) is 1. The minimum atomic E-state index is -0.799. The van der Waals surface area contributed by atoms with Gasteiger partial charge in [0.05, 0.1) is 12.1 Å². The highest BCUT2D eigenvalue weighted by molar-refractivity contribution is 5.68. The van der Waals surface area contributed by atoms with E-state index >= 15 is 0 Å². The molecule has 0 bridgehead atoms. The van der Waals surface area contributed by atoms with Gasteiger partial charge in [0.15, 0.2) is 0 Å². The zero-order valence-corrected chi connectivity index (χ0v) is 12.2. The second kappa shape index (κ2) is 6.04. The third-order valence-corrected chi connectivity index (χ3v) is 4.68. The third kappa shape index (κ3) is 3.36. The smallest absolute Gasteiger partial charge is 0.303 e. The molecule has 3 nitrogen and oxygen atoms in total. The first-order chi connectivity index (χ1) is 10.1. The first-order valence-electron chi connectivity index (χ1n) is 7.91. The van der Waals surface area contributed by atoms with Crippen LogP contribution in [0, 0.1) is 11.7 Å². The lowest BCUT2D eigenvalue weighted by atomic mass is 9.90. The van der Waals surface area contributed by atoms with Crippen LogP contribution in [0.3, 0.4) is 0 Å². The number of nitrogens with zero attached hydrogens (tertiary/aromatic N) is 1. The number of aliphatic carboxylic acids is 1. The largest absolute Gasteiger partial charge is 0.481 e. The Balaban J connectivity index is 1.80. The van der Waals surface area contributed by atoms with Crippen LogP contribution in [0.5, 0.6) is 0 Å². The van der Waals surface area contributed by atoms with Gasteiger partial charge in [-0.1, -0.05) is 6.07 Å². The Labute approximate surface area is 124 Å². The third-order valence-electron chi connectivity index (χ3n) is 4.68. The summed E-state index contributed by atoms with van der Waals surface area (Å²) < 4.78 is 14.4. The molecule has 1 aromatic carbocycles. The molecule has 1 saturated heterocycles. The Morgan fingerprint density at radius 1 is 1.29 bits per heavy atom. The lowest BCUT2D eigenvalue weighted by Crippen LogP contribution is -2.30. The summed E-state index contributed by atoms with van der Waals surface area (Å²) in [5, 5.41) is 9.05. The number of carboxylic acids is 1. The fourth-order valence-electron chi connectivity index (χ4n) is 3.39. The van der Waals surface area contributed by atoms with Gasteiger partial charge in [-0.25, -0.2) is 4.39 Å². The molecule has 1 aromatic rings. The van der Waals surface area contributed by atoms with Crippen molar-refractivity contribution in [3.63, 3.8) is 0 Å². The average Bonchev–Trinajstić information content (AvgIpc) is 3.30. The van der Waals surface area contributed by atoms with Gasteiger partial charge >= 0.3 is 5.97 Å². The molecule has 114 valence electrons. The monoisotopic (exact) mass is 291 g/mol. The molecule has 1 aliphatic carbocycles. The number of anilines is 1. The van der Waals surface area contributed by atoms with E-state index in [2.05, 4.69) is 4.90 Å². The van der Waals surface area contributed by atoms with Gasteiger partial charge < -0.3 is 10.0 Å². The molecule has 0 amide bonds. The Bertz CT molecular complexity index is 522. The van der Waals surface area contributed by atoms with Crippen molar-refractivity contribution >= 4 is 11.7 Å². The van der Waals surface area contributed by atoms with Gasteiger partial charge in [0.25, 0.3) is 0 Å². The predicted molar refractivity (Wildman–Crippen MR) is 80.2 cm³/mol. The van der Waals surface area contributed by atoms with Crippen molar-refractivity contribution in [3.8, 4) is 0 Å². The van der Waals surface area contributed by atoms with E-state index in [1.54, 1.807) is 6.07 Å². The molecule has 1 saturated carbocycles. The average molecular weight is 291 g/mol. The van der Waals surface area contributed by atoms with Crippen molar-refractivity contribution in [2.24, 2.45) is 5.92 Å². The molecular formula is C17H22FNO2. The zero-order valence-electron chi connectivity index (χ0n) is 12.2. The fraction of sp³-hybridized carbons (Fsp3) is 0.588. The van der Waals surface area contributed by atoms with Gasteiger partial charge in [-0.05, 0) is 61.6 Å². The number of piperidine rings is 1. The maximum atomic E-state index is 14.4. The molecule has 0 aromatic heterocycles. The van der Waals surface area contributed by atoms with Crippen LogP contribution in [0.2, 0.25) is 0 Å². The van der Waals surface area contributed by atoms with Crippen LogP contribution in [0.4, 0.5) is 10.1 Å². The van der Waals surface area contributed by atoms with Crippen molar-refractivity contribution in [3.05, 3.63) is 29.6 Å². The maximum Gasteiger partial charge on any atom is 0.303 e. The molecule has 2 fully saturated rings. The first-order valence-corrected chi connectivity index (χ1v) is 7.91. The molecule has 1 heterocycles. The summed E-state index contributed by atoms with van der Waals surface area (Å²) in [5.74, 6) is -0.619. The van der Waals surface area contributed by atoms with Crippen LogP contribution in [0.15, 0.2) is 18.2 Å². The number of hydrogen-bond donors (Lipinski definition) is 1. The van der Waals surface area contributed by atoms with Gasteiger partial charge in [0.1, 0.15) is 5.82 Å². The van der Waals surface area contributed by atoms with Crippen molar-refractivity contribution in [1.82, 2.24) is 0 Å². The molecule has 1 aliphatic heterocycles. The van der Waals surface area contributed by atoms with Crippen molar-refractivity contribution in [1.29, 1.82) is 0 Å². The normalized spacial score (nSPS) is 20.3. The number of rotatable bonds is 5. The van der Waals surface area contributed by atoms with Gasteiger partial charge in [0, 0.05) is 13.1 Å². The predicted octanol–water partition coefficient (Wildman–Crippen LogP) is 3.78. The molecule has 0 spiro atoms. The lowest BCUT2D eigenvalue weighted by molar-refractivity contribution is -0.137. The molecule has 1 atom stereocenters. The molecular weight excluding hydrogens is 269 g/mol. The SMILES string of the molecule is O=C(O)CC(c1ccc(N2CCCCC2)c(F)c1)C1CC1. The van der Waals surface area contributed by atoms with Crippen LogP contribution >= 0.6 is 0 Å². The number of benzene rings is 1. The Hall–Kier alpha value is -1.58. The fourth-order valence-corrected chi connectivity index (χ4v) is 3.39. The molecule has 2 aliphatic rings. The van der Waals surface area contributed by atoms with E-state index in [0.29, 0.717) is 11.6 Å². The number of halogens is 1. The van der Waals surface area contributed by atoms with E-state index < -0.39 is 5.97 Å². The van der Waals surface area contributed by atoms with Crippen LogP contribution in [0.1, 0.15) is 50.0 Å². The summed E-state index contributed by atoms with van der Waals surface area (Å²) in [5.41, 5.74) is 1.52. The molecule has 3 rings (SSSR count). The summed E-state index contributed by atoms with van der Waals surface area (Å²) in [4.78, 5) is 13.1. The van der Waals surface area contributed by atoms with E-state index in [9.17, 15) is 9.18 Å². The van der Waals surface area contributed by atoms with E-state index in [-0.39, 0.29) is 18.2 Å². The summed E-state index contributed by atoms with van der Waals surface area (Å²) in [7, 11) is 0. The Morgan fingerprint density at radius 2 is 2.00 bits per heavy atom. The second-order valence-corrected chi connectivity index (χ2v) is 6.30. The summed E-state index contributed by atoms with van der Waals surface area (Å²) in [6.45, 7) is 1.83. The molecule has 1 unspecified atom stereocenters. The summed E-state index contributed by atoms with van der Waals surface area (Å²) in [6, 6.07) is 5.34. The minimum absolute atomic E-state index is 0.0348. The van der Waals surface area contributed by atoms with Crippen molar-refractivity contribution < 1.29 is 14.3 Å². The number of hydrogen-bond acceptors (Lipinski definition) is 2. The highest BCUT2D eigenvalue weighted by Gasteiger charge is 2.34. The summed E-state index contributed by atoms with van der Waals surface area (Å²) in [6.07, 6.45) is 5.68. The van der Waals surface area contributed by atoms with E-state index in [1.807, 2.05) is 12.1 Å². The topological polar surface area (TPSA) is 40.5 Å². The Kier molecular flexibility index (Phi) is 4.13. The molecule has 4 heteroatoms. The minimum Gasteiger partial charge on any atom is -0.481 e. The van der Waals surface area contributed by atoms with Gasteiger partial charge in [-0.15, -0.1) is 0 Å². The van der Waals surface area contributed by atoms with E-state index in [0.717, 1.165) is 44.3 Å². The summed E-state index contributed by atoms with van der Waals surface area (Å²) >= 11 is 0. The van der Waals surface area contributed by atoms with Crippen LogP contribution in [-0.4, -0.2) is 24.2 Å². The van der Waals surface area contributed by atoms with Crippen LogP contribution in [0.25, 0.3) is 0 Å². The Morgan fingerprint density at radius 3 is 2.57 bits per heavy atom. The molecule has 1 N–H and O–H groups in total. The first kappa shape index (κ1) is 14.4. The van der Waals surface area contributed by atoms with Gasteiger partial charge in [-0.2, -0.15) is 0 Å². The van der Waals surface area contributed by atoms with Crippen molar-refractivity contribution in [2.75, 3.05) is 18.0 Å². The van der Waals surface area contributed by atoms with Crippen LogP contribution < -0.4 is 4.90 Å². The number of carbonyl (C=O) groups is 1. The highest BCUT2D eigenvalue weighted by atomic mass is 19.1. The maximum absolute atomic E-state index is 14.4. The van der Waals surface area contributed by atoms with Crippen LogP contribution in [-0.2, 0) is 4.79 Å². The molecule has 0 radical (unpaired) electrons. The van der Waals surface area contributed by atoms with E-state index in [1.165, 1.54) is 6.42 Å². The second-order valence-electron chi connectivity index (χ2n) is 6.30. The quantitative estimate of drug-likeness (QED) is 0.897. The van der Waals surface area contributed by atoms with Gasteiger partial charge in [-0.3, -0.25) is 4.79 Å². The molecule has 21 heavy (non-hydrogen) atoms. The van der Waals surface area contributed by atoms with Gasteiger partial charge in [0.2, 0.25) is 0 Å².